The lowest BCUT2D eigenvalue weighted by Crippen LogP contribution is -2.50. The van der Waals surface area contributed by atoms with Crippen molar-refractivity contribution in [2.75, 3.05) is 35.1 Å². The second kappa shape index (κ2) is 8.67. The number of hydrogen-bond acceptors (Lipinski definition) is 4. The number of nitrogens with one attached hydrogen (secondary N) is 1. The third kappa shape index (κ3) is 4.35. The Hall–Kier alpha value is -2.54. The van der Waals surface area contributed by atoms with Crippen LogP contribution in [0, 0.1) is 5.92 Å². The monoisotopic (exact) mass is 467 g/mol. The van der Waals surface area contributed by atoms with Gasteiger partial charge in [0.05, 0.1) is 11.9 Å². The summed E-state index contributed by atoms with van der Waals surface area (Å²) in [6, 6.07) is 18.4. The number of piperidine rings is 1. The van der Waals surface area contributed by atoms with Crippen LogP contribution in [-0.2, 0) is 20.2 Å². The van der Waals surface area contributed by atoms with Crippen LogP contribution >= 0.6 is 0 Å². The van der Waals surface area contributed by atoms with E-state index < -0.39 is 10.0 Å². The van der Waals surface area contributed by atoms with Crippen LogP contribution in [0.2, 0.25) is 0 Å². The molecule has 5 rings (SSSR count). The van der Waals surface area contributed by atoms with Gasteiger partial charge < -0.3 is 10.2 Å². The minimum Gasteiger partial charge on any atom is -0.369 e. The fourth-order valence-electron chi connectivity index (χ4n) is 6.03. The van der Waals surface area contributed by atoms with Gasteiger partial charge in [-0.3, -0.25) is 9.10 Å². The second-order valence-electron chi connectivity index (χ2n) is 9.97. The summed E-state index contributed by atoms with van der Waals surface area (Å²) in [5.74, 6) is 0.165. The van der Waals surface area contributed by atoms with Gasteiger partial charge in [0.25, 0.3) is 0 Å². The number of carbonyl (C=O) groups is 1. The first-order valence-electron chi connectivity index (χ1n) is 12.0. The third-order valence-corrected chi connectivity index (χ3v) is 8.92. The lowest BCUT2D eigenvalue weighted by molar-refractivity contribution is -0.127. The fourth-order valence-corrected chi connectivity index (χ4v) is 7.03. The van der Waals surface area contributed by atoms with Crippen molar-refractivity contribution in [2.45, 2.75) is 50.0 Å². The van der Waals surface area contributed by atoms with Gasteiger partial charge in [0.2, 0.25) is 15.9 Å². The van der Waals surface area contributed by atoms with E-state index in [9.17, 15) is 13.2 Å². The zero-order chi connectivity index (χ0) is 23.1. The van der Waals surface area contributed by atoms with E-state index in [-0.39, 0.29) is 23.3 Å². The number of anilines is 2. The lowest BCUT2D eigenvalue weighted by Gasteiger charge is -2.39. The highest BCUT2D eigenvalue weighted by atomic mass is 32.2. The summed E-state index contributed by atoms with van der Waals surface area (Å²) in [7, 11) is -3.32. The van der Waals surface area contributed by atoms with Crippen LogP contribution in [0.5, 0.6) is 0 Å². The molecule has 1 aliphatic carbocycles. The number of benzene rings is 2. The van der Waals surface area contributed by atoms with Gasteiger partial charge in [0.15, 0.2) is 0 Å². The van der Waals surface area contributed by atoms with Crippen LogP contribution in [0.3, 0.4) is 0 Å². The van der Waals surface area contributed by atoms with Crippen LogP contribution in [-0.4, -0.2) is 46.3 Å². The molecular formula is C26H33N3O3S. The van der Waals surface area contributed by atoms with Gasteiger partial charge in [-0.2, -0.15) is 0 Å². The molecule has 0 bridgehead atoms. The number of nitrogens with zero attached hydrogens (tertiary/aromatic N) is 2. The molecule has 1 atom stereocenters. The average Bonchev–Trinajstić information content (AvgIpc) is 3.15. The Morgan fingerprint density at radius 2 is 1.70 bits per heavy atom. The molecule has 2 aliphatic heterocycles. The molecule has 176 valence electrons. The molecule has 0 radical (unpaired) electrons. The van der Waals surface area contributed by atoms with Gasteiger partial charge in [0, 0.05) is 42.7 Å². The Kier molecular flexibility index (Phi) is 5.85. The highest BCUT2D eigenvalue weighted by molar-refractivity contribution is 7.92. The molecule has 1 unspecified atom stereocenters. The van der Waals surface area contributed by atoms with Crippen molar-refractivity contribution in [2.24, 2.45) is 5.92 Å². The zero-order valence-electron chi connectivity index (χ0n) is 19.2. The van der Waals surface area contributed by atoms with E-state index in [1.54, 1.807) is 4.31 Å². The summed E-state index contributed by atoms with van der Waals surface area (Å²) >= 11 is 0. The van der Waals surface area contributed by atoms with Gasteiger partial charge in [0.1, 0.15) is 0 Å². The summed E-state index contributed by atoms with van der Waals surface area (Å²) in [4.78, 5) is 15.5. The summed E-state index contributed by atoms with van der Waals surface area (Å²) in [5, 5.41) is 3.33. The molecular weight excluding hydrogens is 434 g/mol. The van der Waals surface area contributed by atoms with Crippen molar-refractivity contribution >= 4 is 27.3 Å². The normalized spacial score (nSPS) is 27.4. The number of rotatable bonds is 4. The van der Waals surface area contributed by atoms with Gasteiger partial charge in [-0.25, -0.2) is 8.42 Å². The topological polar surface area (TPSA) is 69.7 Å². The Morgan fingerprint density at radius 1 is 1.00 bits per heavy atom. The van der Waals surface area contributed by atoms with Crippen LogP contribution in [0.4, 0.5) is 11.4 Å². The first kappa shape index (κ1) is 22.3. The molecule has 2 fully saturated rings. The zero-order valence-corrected chi connectivity index (χ0v) is 20.1. The fraction of sp³-hybridized carbons (Fsp3) is 0.500. The Bertz CT molecular complexity index is 1110. The van der Waals surface area contributed by atoms with E-state index in [1.165, 1.54) is 11.9 Å². The van der Waals surface area contributed by atoms with Crippen molar-refractivity contribution in [1.82, 2.24) is 5.32 Å². The summed E-state index contributed by atoms with van der Waals surface area (Å²) < 4.78 is 26.4. The summed E-state index contributed by atoms with van der Waals surface area (Å²) in [6.45, 7) is 2.37. The van der Waals surface area contributed by atoms with E-state index in [0.29, 0.717) is 6.54 Å². The highest BCUT2D eigenvalue weighted by Crippen LogP contribution is 2.50. The average molecular weight is 468 g/mol. The van der Waals surface area contributed by atoms with Gasteiger partial charge in [-0.15, -0.1) is 0 Å². The number of amides is 1. The molecule has 7 heteroatoms. The Morgan fingerprint density at radius 3 is 2.42 bits per heavy atom. The molecule has 1 saturated heterocycles. The lowest BCUT2D eigenvalue weighted by atomic mass is 9.67. The molecule has 2 heterocycles. The van der Waals surface area contributed by atoms with E-state index in [1.807, 2.05) is 24.3 Å². The van der Waals surface area contributed by atoms with Crippen molar-refractivity contribution in [3.05, 3.63) is 60.2 Å². The molecule has 2 aromatic rings. The second-order valence-corrected chi connectivity index (χ2v) is 11.9. The number of para-hydroxylation sites is 2. The maximum absolute atomic E-state index is 13.1. The van der Waals surface area contributed by atoms with Gasteiger partial charge in [-0.05, 0) is 62.3 Å². The quantitative estimate of drug-likeness (QED) is 0.745. The first-order valence-corrected chi connectivity index (χ1v) is 13.9. The first-order chi connectivity index (χ1) is 15.9. The van der Waals surface area contributed by atoms with Gasteiger partial charge in [-0.1, -0.05) is 36.4 Å². The smallest absolute Gasteiger partial charge is 0.232 e. The Labute approximate surface area is 197 Å². The standard InChI is InChI=1S/C26H33N3O3S/c1-33(31,32)29-19-26(23-11-5-6-12-24(23)29)15-13-20(14-16-26)25(30)27-21-8-7-17-28(18-21)22-9-3-2-4-10-22/h2-6,9-12,20-21H,7-8,13-19H2,1H3,(H,27,30)/t20-,21?,26-. The number of sulfonamides is 1. The van der Waals surface area contributed by atoms with E-state index in [0.717, 1.165) is 62.9 Å². The summed E-state index contributed by atoms with van der Waals surface area (Å²) in [6.07, 6.45) is 6.66. The van der Waals surface area contributed by atoms with Crippen LogP contribution in [0.15, 0.2) is 54.6 Å². The van der Waals surface area contributed by atoms with Crippen molar-refractivity contribution in [1.29, 1.82) is 0 Å². The van der Waals surface area contributed by atoms with Crippen molar-refractivity contribution < 1.29 is 13.2 Å². The molecule has 2 aromatic carbocycles. The molecule has 6 nitrogen and oxygen atoms in total. The molecule has 33 heavy (non-hydrogen) atoms. The minimum absolute atomic E-state index is 0.00201. The van der Waals surface area contributed by atoms with E-state index in [4.69, 9.17) is 0 Å². The molecule has 1 N–H and O–H groups in total. The van der Waals surface area contributed by atoms with Crippen molar-refractivity contribution in [3.8, 4) is 0 Å². The molecule has 1 saturated carbocycles. The van der Waals surface area contributed by atoms with Crippen LogP contribution < -0.4 is 14.5 Å². The molecule has 0 aromatic heterocycles. The predicted molar refractivity (Wildman–Crippen MR) is 132 cm³/mol. The van der Waals surface area contributed by atoms with Crippen LogP contribution in [0.1, 0.15) is 44.1 Å². The Balaban J connectivity index is 1.22. The van der Waals surface area contributed by atoms with Crippen molar-refractivity contribution in [3.63, 3.8) is 0 Å². The molecule has 1 amide bonds. The molecule has 1 spiro atoms. The largest absolute Gasteiger partial charge is 0.369 e. The summed E-state index contributed by atoms with van der Waals surface area (Å²) in [5.41, 5.74) is 2.98. The maximum Gasteiger partial charge on any atom is 0.232 e. The third-order valence-electron chi connectivity index (χ3n) is 7.79. The molecule has 3 aliphatic rings. The van der Waals surface area contributed by atoms with E-state index >= 15 is 0 Å². The van der Waals surface area contributed by atoms with E-state index in [2.05, 4.69) is 40.5 Å². The SMILES string of the molecule is CS(=O)(=O)N1C[C@]2(CC[C@@H](C(=O)NC3CCCN(c4ccccc4)C3)CC2)c2ccccc21. The minimum atomic E-state index is -3.32. The van der Waals surface area contributed by atoms with Crippen LogP contribution in [0.25, 0.3) is 0 Å². The van der Waals surface area contributed by atoms with Gasteiger partial charge >= 0.3 is 0 Å². The number of fused-ring (bicyclic) bond motifs is 2. The predicted octanol–water partition coefficient (Wildman–Crippen LogP) is 3.68. The number of carbonyl (C=O) groups excluding carboxylic acids is 1. The number of hydrogen-bond donors (Lipinski definition) is 1. The maximum atomic E-state index is 13.1. The highest BCUT2D eigenvalue weighted by Gasteiger charge is 2.48.